The van der Waals surface area contributed by atoms with Gasteiger partial charge in [-0.15, -0.1) is 0 Å². The van der Waals surface area contributed by atoms with E-state index in [0.717, 1.165) is 12.5 Å². The predicted octanol–water partition coefficient (Wildman–Crippen LogP) is 3.13. The molecule has 0 radical (unpaired) electrons. The van der Waals surface area contributed by atoms with Crippen molar-refractivity contribution >= 4 is 0 Å². The summed E-state index contributed by atoms with van der Waals surface area (Å²) >= 11 is 0. The molecule has 0 bridgehead atoms. The molecule has 2 atom stereocenters. The highest BCUT2D eigenvalue weighted by molar-refractivity contribution is 4.73. The zero-order valence-corrected chi connectivity index (χ0v) is 12.2. The van der Waals surface area contributed by atoms with E-state index in [-0.39, 0.29) is 0 Å². The zero-order valence-electron chi connectivity index (χ0n) is 12.2. The molecule has 0 saturated heterocycles. The third-order valence-corrected chi connectivity index (χ3v) is 3.20. The van der Waals surface area contributed by atoms with Crippen LogP contribution in [0.15, 0.2) is 0 Å². The molecule has 0 rings (SSSR count). The van der Waals surface area contributed by atoms with Crippen LogP contribution in [0.4, 0.5) is 0 Å². The van der Waals surface area contributed by atoms with Crippen molar-refractivity contribution in [2.75, 3.05) is 20.1 Å². The first-order chi connectivity index (χ1) is 7.51. The number of hydrogen-bond donors (Lipinski definition) is 1. The fraction of sp³-hybridized carbons (Fsp3) is 1.00. The van der Waals surface area contributed by atoms with E-state index in [4.69, 9.17) is 0 Å². The lowest BCUT2D eigenvalue weighted by molar-refractivity contribution is 0.202. The van der Waals surface area contributed by atoms with Crippen LogP contribution in [0.25, 0.3) is 0 Å². The van der Waals surface area contributed by atoms with Crippen LogP contribution in [0.3, 0.4) is 0 Å². The Hall–Kier alpha value is -0.0800. The van der Waals surface area contributed by atoms with Crippen molar-refractivity contribution in [3.63, 3.8) is 0 Å². The van der Waals surface area contributed by atoms with Gasteiger partial charge in [-0.3, -0.25) is 0 Å². The van der Waals surface area contributed by atoms with Crippen molar-refractivity contribution in [1.29, 1.82) is 0 Å². The van der Waals surface area contributed by atoms with Crippen molar-refractivity contribution in [3.05, 3.63) is 0 Å². The minimum absolute atomic E-state index is 0.662. The van der Waals surface area contributed by atoms with Crippen LogP contribution in [0.1, 0.15) is 53.9 Å². The molecular formula is C14H32N2. The van der Waals surface area contributed by atoms with Crippen molar-refractivity contribution < 1.29 is 0 Å². The van der Waals surface area contributed by atoms with Gasteiger partial charge >= 0.3 is 0 Å². The molecule has 0 heterocycles. The number of nitrogens with zero attached hydrogens (tertiary/aromatic N) is 1. The van der Waals surface area contributed by atoms with Crippen LogP contribution in [0.2, 0.25) is 0 Å². The average molecular weight is 228 g/mol. The van der Waals surface area contributed by atoms with E-state index in [0.29, 0.717) is 12.1 Å². The first-order valence-electron chi connectivity index (χ1n) is 6.94. The second-order valence-corrected chi connectivity index (χ2v) is 5.46. The maximum absolute atomic E-state index is 3.58. The van der Waals surface area contributed by atoms with E-state index in [1.54, 1.807) is 0 Å². The Morgan fingerprint density at radius 3 is 2.19 bits per heavy atom. The van der Waals surface area contributed by atoms with Crippen molar-refractivity contribution in [2.45, 2.75) is 66.0 Å². The molecule has 0 aromatic heterocycles. The van der Waals surface area contributed by atoms with Gasteiger partial charge in [-0.2, -0.15) is 0 Å². The van der Waals surface area contributed by atoms with Gasteiger partial charge in [-0.1, -0.05) is 34.1 Å². The summed E-state index contributed by atoms with van der Waals surface area (Å²) in [6.07, 6.45) is 3.85. The van der Waals surface area contributed by atoms with Gasteiger partial charge < -0.3 is 10.2 Å². The second-order valence-electron chi connectivity index (χ2n) is 5.46. The predicted molar refractivity (Wildman–Crippen MR) is 73.9 cm³/mol. The molecule has 0 aliphatic heterocycles. The summed E-state index contributed by atoms with van der Waals surface area (Å²) in [7, 11) is 2.26. The third-order valence-electron chi connectivity index (χ3n) is 3.20. The fourth-order valence-corrected chi connectivity index (χ4v) is 2.28. The molecule has 0 aliphatic rings. The Morgan fingerprint density at radius 2 is 1.75 bits per heavy atom. The fourth-order valence-electron chi connectivity index (χ4n) is 2.28. The summed E-state index contributed by atoms with van der Waals surface area (Å²) < 4.78 is 0. The number of hydrogen-bond acceptors (Lipinski definition) is 2. The summed E-state index contributed by atoms with van der Waals surface area (Å²) in [4.78, 5) is 2.50. The Morgan fingerprint density at radius 1 is 1.12 bits per heavy atom. The highest BCUT2D eigenvalue weighted by Crippen LogP contribution is 2.10. The molecule has 16 heavy (non-hydrogen) atoms. The molecule has 0 spiro atoms. The topological polar surface area (TPSA) is 15.3 Å². The molecule has 0 saturated carbocycles. The largest absolute Gasteiger partial charge is 0.313 e. The van der Waals surface area contributed by atoms with E-state index in [9.17, 15) is 0 Å². The van der Waals surface area contributed by atoms with E-state index in [2.05, 4.69) is 51.9 Å². The molecule has 98 valence electrons. The average Bonchev–Trinajstić information content (AvgIpc) is 2.17. The molecule has 0 aromatic rings. The quantitative estimate of drug-likeness (QED) is 0.652. The first-order valence-corrected chi connectivity index (χ1v) is 6.94. The summed E-state index contributed by atoms with van der Waals surface area (Å²) in [5, 5.41) is 3.58. The molecule has 0 aromatic carbocycles. The van der Waals surface area contributed by atoms with Crippen LogP contribution in [0, 0.1) is 5.92 Å². The highest BCUT2D eigenvalue weighted by Gasteiger charge is 2.15. The Labute approximate surface area is 103 Å². The zero-order chi connectivity index (χ0) is 12.6. The van der Waals surface area contributed by atoms with Gasteiger partial charge in [0.2, 0.25) is 0 Å². The molecule has 2 unspecified atom stereocenters. The molecule has 2 heteroatoms. The maximum Gasteiger partial charge on any atom is 0.0194 e. The lowest BCUT2D eigenvalue weighted by atomic mass is 10.0. The number of nitrogens with one attached hydrogen (secondary N) is 1. The van der Waals surface area contributed by atoms with E-state index in [1.807, 2.05) is 0 Å². The monoisotopic (exact) mass is 228 g/mol. The minimum atomic E-state index is 0.662. The van der Waals surface area contributed by atoms with Gasteiger partial charge in [0.25, 0.3) is 0 Å². The number of likely N-dealkylation sites (N-methyl/N-ethyl adjacent to an activating group) is 2. The van der Waals surface area contributed by atoms with Crippen molar-refractivity contribution in [3.8, 4) is 0 Å². The molecule has 2 nitrogen and oxygen atoms in total. The van der Waals surface area contributed by atoms with E-state index in [1.165, 1.54) is 25.8 Å². The summed E-state index contributed by atoms with van der Waals surface area (Å²) in [5.41, 5.74) is 0. The van der Waals surface area contributed by atoms with Gasteiger partial charge in [0.05, 0.1) is 0 Å². The number of rotatable bonds is 9. The van der Waals surface area contributed by atoms with E-state index < -0.39 is 0 Å². The van der Waals surface area contributed by atoms with Crippen molar-refractivity contribution in [2.24, 2.45) is 5.92 Å². The highest BCUT2D eigenvalue weighted by atomic mass is 15.1. The lowest BCUT2D eigenvalue weighted by Gasteiger charge is -2.30. The van der Waals surface area contributed by atoms with Crippen molar-refractivity contribution in [1.82, 2.24) is 10.2 Å². The maximum atomic E-state index is 3.58. The minimum Gasteiger partial charge on any atom is -0.313 e. The molecule has 0 aliphatic carbocycles. The second kappa shape index (κ2) is 9.00. The van der Waals surface area contributed by atoms with Gasteiger partial charge in [0.1, 0.15) is 0 Å². The lowest BCUT2D eigenvalue weighted by Crippen LogP contribution is -2.43. The Bertz CT molecular complexity index is 151. The van der Waals surface area contributed by atoms with Gasteiger partial charge in [0.15, 0.2) is 0 Å². The third kappa shape index (κ3) is 7.24. The van der Waals surface area contributed by atoms with Gasteiger partial charge in [-0.25, -0.2) is 0 Å². The summed E-state index contributed by atoms with van der Waals surface area (Å²) in [6, 6.07) is 1.35. The van der Waals surface area contributed by atoms with Crippen LogP contribution in [-0.4, -0.2) is 37.1 Å². The molecule has 1 N–H and O–H groups in total. The molecule has 0 amide bonds. The standard InChI is InChI=1S/C14H32N2/c1-7-9-14(15-8-2)11-16(6)13(5)10-12(3)4/h12-15H,7-11H2,1-6H3. The Balaban J connectivity index is 4.00. The first kappa shape index (κ1) is 15.9. The SMILES string of the molecule is CCCC(CN(C)C(C)CC(C)C)NCC. The molecule has 0 fully saturated rings. The molecular weight excluding hydrogens is 196 g/mol. The van der Waals surface area contributed by atoms with E-state index >= 15 is 0 Å². The van der Waals surface area contributed by atoms with Crippen LogP contribution < -0.4 is 5.32 Å². The van der Waals surface area contributed by atoms with Crippen LogP contribution in [-0.2, 0) is 0 Å². The van der Waals surface area contributed by atoms with Gasteiger partial charge in [0, 0.05) is 18.6 Å². The summed E-state index contributed by atoms with van der Waals surface area (Å²) in [6.45, 7) is 13.7. The summed E-state index contributed by atoms with van der Waals surface area (Å²) in [5.74, 6) is 0.793. The smallest absolute Gasteiger partial charge is 0.0194 e. The van der Waals surface area contributed by atoms with Crippen LogP contribution in [0.5, 0.6) is 0 Å². The van der Waals surface area contributed by atoms with Gasteiger partial charge in [-0.05, 0) is 39.3 Å². The van der Waals surface area contributed by atoms with Crippen LogP contribution >= 0.6 is 0 Å². The Kier molecular flexibility index (Phi) is 8.96. The normalized spacial score (nSPS) is 15.8.